The van der Waals surface area contributed by atoms with E-state index in [1.807, 2.05) is 16.9 Å². The highest BCUT2D eigenvalue weighted by molar-refractivity contribution is 7.34. The maximum Gasteiger partial charge on any atom is 0.433 e. The van der Waals surface area contributed by atoms with Crippen LogP contribution in [0.4, 0.5) is 23.2 Å². The second-order valence-electron chi connectivity index (χ2n) is 9.17. The Balaban J connectivity index is 0.000000185. The summed E-state index contributed by atoms with van der Waals surface area (Å²) >= 11 is 0. The predicted octanol–water partition coefficient (Wildman–Crippen LogP) is 6.34. The van der Waals surface area contributed by atoms with Gasteiger partial charge in [-0.3, -0.25) is 14.2 Å². The lowest BCUT2D eigenvalue weighted by molar-refractivity contribution is -0.141. The average Bonchev–Trinajstić information content (AvgIpc) is 3.49. The van der Waals surface area contributed by atoms with Crippen LogP contribution >= 0.6 is 8.46 Å². The number of aromatic nitrogens is 3. The standard InChI is InChI=1S/C17H20FN3.C6H3F3NOP/c1-17(2,3)21-16-12-8-11(18)6-7-14(12)20-15(10-4-5-10)13(16)9-19-21;7-6(8,9)5-2-1-4(12-11)3-10-5/h6-10,15,20H,4-5H2,1-3H3;1-3H/t15-;/m1./s1. The van der Waals surface area contributed by atoms with Crippen LogP contribution in [0, 0.1) is 11.7 Å². The molecule has 33 heavy (non-hydrogen) atoms. The molecule has 1 atom stereocenters. The largest absolute Gasteiger partial charge is 0.433 e. The summed E-state index contributed by atoms with van der Waals surface area (Å²) in [6.45, 7) is 6.40. The molecule has 174 valence electrons. The summed E-state index contributed by atoms with van der Waals surface area (Å²) < 4.78 is 61.6. The first-order valence-corrected chi connectivity index (χ1v) is 11.3. The SMILES string of the molecule is CC(C)(C)n1ncc2c1-c1cc(F)ccc1N[C@@H]2C1CC1.O=Pc1ccc(C(F)(F)F)nc1. The van der Waals surface area contributed by atoms with Crippen LogP contribution in [0.1, 0.15) is 50.9 Å². The highest BCUT2D eigenvalue weighted by atomic mass is 31.1. The second kappa shape index (κ2) is 8.52. The van der Waals surface area contributed by atoms with Crippen LogP contribution in [0.5, 0.6) is 0 Å². The first-order valence-electron chi connectivity index (χ1n) is 10.5. The number of rotatable bonds is 2. The van der Waals surface area contributed by atoms with Gasteiger partial charge < -0.3 is 5.32 Å². The van der Waals surface area contributed by atoms with E-state index in [2.05, 4.69) is 36.2 Å². The summed E-state index contributed by atoms with van der Waals surface area (Å²) in [5, 5.41) is 8.42. The van der Waals surface area contributed by atoms with Gasteiger partial charge in [-0.05, 0) is 69.9 Å². The molecule has 0 saturated heterocycles. The Hall–Kier alpha value is -2.80. The number of halogens is 4. The summed E-state index contributed by atoms with van der Waals surface area (Å²) in [6.07, 6.45) is 0.975. The quantitative estimate of drug-likeness (QED) is 0.345. The van der Waals surface area contributed by atoms with Crippen molar-refractivity contribution in [2.45, 2.75) is 51.4 Å². The molecule has 1 saturated carbocycles. The van der Waals surface area contributed by atoms with Crippen molar-refractivity contribution in [2.24, 2.45) is 5.92 Å². The number of fused-ring (bicyclic) bond motifs is 3. The first kappa shape index (κ1) is 23.4. The fourth-order valence-electron chi connectivity index (χ4n) is 3.86. The van der Waals surface area contributed by atoms with Crippen molar-refractivity contribution in [3.8, 4) is 11.3 Å². The molecule has 0 amide bonds. The molecule has 3 heterocycles. The highest BCUT2D eigenvalue weighted by Gasteiger charge is 2.39. The minimum Gasteiger partial charge on any atom is -0.377 e. The minimum absolute atomic E-state index is 0.122. The van der Waals surface area contributed by atoms with E-state index in [0.717, 1.165) is 35.3 Å². The van der Waals surface area contributed by atoms with Gasteiger partial charge in [0.25, 0.3) is 0 Å². The molecule has 5 rings (SSSR count). The molecule has 1 aliphatic carbocycles. The Kier molecular flexibility index (Phi) is 6.03. The number of alkyl halides is 3. The third-order valence-electron chi connectivity index (χ3n) is 5.55. The molecule has 2 aromatic heterocycles. The van der Waals surface area contributed by atoms with Crippen LogP contribution in [0.2, 0.25) is 0 Å². The molecule has 0 bridgehead atoms. The summed E-state index contributed by atoms with van der Waals surface area (Å²) in [5.41, 5.74) is 3.14. The van der Waals surface area contributed by atoms with Gasteiger partial charge in [-0.2, -0.15) is 18.3 Å². The van der Waals surface area contributed by atoms with Crippen molar-refractivity contribution in [3.05, 3.63) is 59.8 Å². The Morgan fingerprint density at radius 3 is 2.36 bits per heavy atom. The van der Waals surface area contributed by atoms with Crippen LogP contribution in [-0.4, -0.2) is 14.8 Å². The summed E-state index contributed by atoms with van der Waals surface area (Å²) in [6, 6.07) is 7.22. The molecule has 0 spiro atoms. The van der Waals surface area contributed by atoms with E-state index in [1.54, 1.807) is 6.07 Å². The number of benzene rings is 1. The zero-order chi connectivity index (χ0) is 24.0. The number of anilines is 1. The fraction of sp³-hybridized carbons (Fsp3) is 0.391. The van der Waals surface area contributed by atoms with E-state index in [0.29, 0.717) is 12.0 Å². The topological polar surface area (TPSA) is 59.8 Å². The molecule has 1 aliphatic heterocycles. The van der Waals surface area contributed by atoms with Gasteiger partial charge in [-0.1, -0.05) is 0 Å². The molecule has 5 nitrogen and oxygen atoms in total. The molecule has 10 heteroatoms. The Labute approximate surface area is 190 Å². The minimum atomic E-state index is -4.43. The molecule has 0 unspecified atom stereocenters. The smallest absolute Gasteiger partial charge is 0.377 e. The molecular formula is C23H23F4N4OP. The van der Waals surface area contributed by atoms with Gasteiger partial charge in [0.2, 0.25) is 0 Å². The van der Waals surface area contributed by atoms with Crippen molar-refractivity contribution in [2.75, 3.05) is 5.32 Å². The maximum absolute atomic E-state index is 13.7. The van der Waals surface area contributed by atoms with Gasteiger partial charge in [0.15, 0.2) is 8.46 Å². The van der Waals surface area contributed by atoms with Crippen LogP contribution in [0.3, 0.4) is 0 Å². The lowest BCUT2D eigenvalue weighted by Crippen LogP contribution is -2.26. The first-order chi connectivity index (χ1) is 15.5. The molecule has 1 N–H and O–H groups in total. The normalized spacial score (nSPS) is 17.5. The van der Waals surface area contributed by atoms with Crippen molar-refractivity contribution in [3.63, 3.8) is 0 Å². The Morgan fingerprint density at radius 2 is 1.82 bits per heavy atom. The van der Waals surface area contributed by atoms with E-state index in [-0.39, 0.29) is 25.1 Å². The van der Waals surface area contributed by atoms with Crippen LogP contribution in [-0.2, 0) is 16.3 Å². The zero-order valence-electron chi connectivity index (χ0n) is 18.3. The van der Waals surface area contributed by atoms with E-state index < -0.39 is 11.9 Å². The fourth-order valence-corrected chi connectivity index (χ4v) is 4.10. The highest BCUT2D eigenvalue weighted by Crippen LogP contribution is 2.50. The molecule has 3 aromatic rings. The third kappa shape index (κ3) is 4.93. The van der Waals surface area contributed by atoms with Crippen molar-refractivity contribution in [1.82, 2.24) is 14.8 Å². The molecule has 1 aromatic carbocycles. The lowest BCUT2D eigenvalue weighted by atomic mass is 9.92. The third-order valence-corrected chi connectivity index (χ3v) is 6.03. The molecule has 2 aliphatic rings. The maximum atomic E-state index is 13.7. The average molecular weight is 478 g/mol. The van der Waals surface area contributed by atoms with Gasteiger partial charge in [0, 0.05) is 23.0 Å². The van der Waals surface area contributed by atoms with E-state index >= 15 is 0 Å². The lowest BCUT2D eigenvalue weighted by Gasteiger charge is -2.31. The van der Waals surface area contributed by atoms with Crippen LogP contribution in [0.15, 0.2) is 42.7 Å². The Bertz CT molecular complexity index is 1160. The van der Waals surface area contributed by atoms with Gasteiger partial charge >= 0.3 is 6.18 Å². The van der Waals surface area contributed by atoms with Gasteiger partial charge in [-0.15, -0.1) is 0 Å². The second-order valence-corrected chi connectivity index (χ2v) is 9.87. The van der Waals surface area contributed by atoms with Crippen LogP contribution < -0.4 is 10.6 Å². The zero-order valence-corrected chi connectivity index (χ0v) is 19.2. The number of pyridine rings is 1. The monoisotopic (exact) mass is 478 g/mol. The van der Waals surface area contributed by atoms with E-state index in [1.165, 1.54) is 24.5 Å². The molecular weight excluding hydrogens is 455 g/mol. The summed E-state index contributed by atoms with van der Waals surface area (Å²) in [5.74, 6) is 0.479. The number of hydrogen-bond donors (Lipinski definition) is 1. The molecule has 1 fully saturated rings. The van der Waals surface area contributed by atoms with E-state index in [9.17, 15) is 22.1 Å². The van der Waals surface area contributed by atoms with Crippen molar-refractivity contribution >= 4 is 19.5 Å². The van der Waals surface area contributed by atoms with Gasteiger partial charge in [0.05, 0.1) is 28.8 Å². The predicted molar refractivity (Wildman–Crippen MR) is 118 cm³/mol. The van der Waals surface area contributed by atoms with Gasteiger partial charge in [-0.25, -0.2) is 4.39 Å². The van der Waals surface area contributed by atoms with Crippen molar-refractivity contribution < 1.29 is 22.1 Å². The summed E-state index contributed by atoms with van der Waals surface area (Å²) in [4.78, 5) is 3.09. The number of hydrogen-bond acceptors (Lipinski definition) is 4. The summed E-state index contributed by atoms with van der Waals surface area (Å²) in [7, 11) is -0.331. The van der Waals surface area contributed by atoms with Crippen molar-refractivity contribution in [1.29, 1.82) is 0 Å². The Morgan fingerprint density at radius 1 is 1.09 bits per heavy atom. The van der Waals surface area contributed by atoms with Gasteiger partial charge in [0.1, 0.15) is 11.5 Å². The number of nitrogens with one attached hydrogen (secondary N) is 1. The molecule has 0 radical (unpaired) electrons. The van der Waals surface area contributed by atoms with Crippen LogP contribution in [0.25, 0.3) is 11.3 Å². The van der Waals surface area contributed by atoms with E-state index in [4.69, 9.17) is 0 Å². The number of nitrogens with zero attached hydrogens (tertiary/aromatic N) is 3.